The highest BCUT2D eigenvalue weighted by Crippen LogP contribution is 2.23. The molecule has 1 aliphatic heterocycles. The van der Waals surface area contributed by atoms with Crippen LogP contribution in [0.1, 0.15) is 26.7 Å². The number of aromatic nitrogens is 4. The van der Waals surface area contributed by atoms with E-state index in [4.69, 9.17) is 14.5 Å². The standard InChI is InChI=1S/C25H34N6O3/c1-4-6-14-34-15-13-31-22-16-20(19-7-8-23(33-3)27-17-19)26-18-21(22)28-24(25(31)32)30-11-9-29(5-2)10-12-30/h7-8,16-18H,4-6,9-15H2,1-3H3. The van der Waals surface area contributed by atoms with Crippen LogP contribution in [-0.2, 0) is 11.3 Å². The van der Waals surface area contributed by atoms with E-state index in [9.17, 15) is 4.79 Å². The van der Waals surface area contributed by atoms with E-state index < -0.39 is 0 Å². The number of nitrogens with zero attached hydrogens (tertiary/aromatic N) is 6. The maximum atomic E-state index is 13.6. The molecule has 1 saturated heterocycles. The molecule has 9 nitrogen and oxygen atoms in total. The van der Waals surface area contributed by atoms with Crippen molar-refractivity contribution >= 4 is 16.9 Å². The fourth-order valence-electron chi connectivity index (χ4n) is 4.15. The summed E-state index contributed by atoms with van der Waals surface area (Å²) in [5.41, 5.74) is 2.95. The van der Waals surface area contributed by atoms with E-state index >= 15 is 0 Å². The van der Waals surface area contributed by atoms with Gasteiger partial charge in [-0.25, -0.2) is 9.97 Å². The molecule has 3 aromatic rings. The molecule has 0 saturated carbocycles. The molecule has 4 heterocycles. The fourth-order valence-corrected chi connectivity index (χ4v) is 4.15. The van der Waals surface area contributed by atoms with E-state index in [-0.39, 0.29) is 5.56 Å². The zero-order valence-electron chi connectivity index (χ0n) is 20.4. The predicted octanol–water partition coefficient (Wildman–Crippen LogP) is 2.82. The van der Waals surface area contributed by atoms with Crippen molar-refractivity contribution < 1.29 is 9.47 Å². The van der Waals surface area contributed by atoms with Crippen LogP contribution in [0.2, 0.25) is 0 Å². The Hall–Kier alpha value is -3.04. The highest BCUT2D eigenvalue weighted by atomic mass is 16.5. The number of hydrogen-bond donors (Lipinski definition) is 0. The van der Waals surface area contributed by atoms with Gasteiger partial charge in [-0.2, -0.15) is 0 Å². The largest absolute Gasteiger partial charge is 0.481 e. The van der Waals surface area contributed by atoms with Crippen LogP contribution in [0.4, 0.5) is 5.82 Å². The average Bonchev–Trinajstić information content (AvgIpc) is 2.89. The molecular weight excluding hydrogens is 432 g/mol. The average molecular weight is 467 g/mol. The molecule has 3 aromatic heterocycles. The Morgan fingerprint density at radius 3 is 2.53 bits per heavy atom. The number of likely N-dealkylation sites (N-methyl/N-ethyl adjacent to an activating group) is 1. The molecular formula is C25H34N6O3. The molecule has 1 fully saturated rings. The van der Waals surface area contributed by atoms with Crippen LogP contribution >= 0.6 is 0 Å². The van der Waals surface area contributed by atoms with E-state index in [2.05, 4.69) is 33.6 Å². The maximum Gasteiger partial charge on any atom is 0.294 e. The Morgan fingerprint density at radius 1 is 1.03 bits per heavy atom. The Morgan fingerprint density at radius 2 is 1.85 bits per heavy atom. The molecule has 4 rings (SSSR count). The molecule has 0 unspecified atom stereocenters. The molecule has 0 aromatic carbocycles. The van der Waals surface area contributed by atoms with Crippen LogP contribution in [0.25, 0.3) is 22.3 Å². The Labute approximate surface area is 200 Å². The first-order chi connectivity index (χ1) is 16.6. The predicted molar refractivity (Wildman–Crippen MR) is 134 cm³/mol. The van der Waals surface area contributed by atoms with E-state index in [1.807, 2.05) is 12.1 Å². The van der Waals surface area contributed by atoms with Gasteiger partial charge in [0.05, 0.1) is 31.1 Å². The van der Waals surface area contributed by atoms with Gasteiger partial charge in [0, 0.05) is 57.2 Å². The number of methoxy groups -OCH3 is 1. The van der Waals surface area contributed by atoms with Gasteiger partial charge in [-0.05, 0) is 25.1 Å². The monoisotopic (exact) mass is 466 g/mol. The van der Waals surface area contributed by atoms with Crippen molar-refractivity contribution in [1.29, 1.82) is 0 Å². The smallest absolute Gasteiger partial charge is 0.294 e. The number of ether oxygens (including phenoxy) is 2. The van der Waals surface area contributed by atoms with Crippen LogP contribution in [-0.4, -0.2) is 77.5 Å². The third-order valence-electron chi connectivity index (χ3n) is 6.28. The summed E-state index contributed by atoms with van der Waals surface area (Å²) in [5.74, 6) is 1.04. The SMILES string of the molecule is CCCCOCCn1c(=O)c(N2CCN(CC)CC2)nc2cnc(-c3ccc(OC)nc3)cc21. The van der Waals surface area contributed by atoms with Crippen molar-refractivity contribution in [3.8, 4) is 17.1 Å². The molecule has 0 radical (unpaired) electrons. The first kappa shape index (κ1) is 24.1. The van der Waals surface area contributed by atoms with E-state index in [1.54, 1.807) is 30.1 Å². The molecule has 0 amide bonds. The Bertz CT molecular complexity index is 1140. The normalized spacial score (nSPS) is 14.6. The number of hydrogen-bond acceptors (Lipinski definition) is 8. The minimum absolute atomic E-state index is 0.0819. The zero-order chi connectivity index (χ0) is 23.9. The number of rotatable bonds is 10. The highest BCUT2D eigenvalue weighted by molar-refractivity contribution is 5.80. The van der Waals surface area contributed by atoms with Crippen LogP contribution in [0.5, 0.6) is 5.88 Å². The van der Waals surface area contributed by atoms with Crippen molar-refractivity contribution in [3.63, 3.8) is 0 Å². The lowest BCUT2D eigenvalue weighted by Gasteiger charge is -2.34. The lowest BCUT2D eigenvalue weighted by atomic mass is 10.2. The molecule has 0 aliphatic carbocycles. The third-order valence-corrected chi connectivity index (χ3v) is 6.28. The Balaban J connectivity index is 1.70. The minimum Gasteiger partial charge on any atom is -0.481 e. The fraction of sp³-hybridized carbons (Fsp3) is 0.520. The van der Waals surface area contributed by atoms with E-state index in [0.29, 0.717) is 37.0 Å². The molecule has 0 bridgehead atoms. The summed E-state index contributed by atoms with van der Waals surface area (Å²) >= 11 is 0. The van der Waals surface area contributed by atoms with Crippen molar-refractivity contribution in [3.05, 3.63) is 40.9 Å². The van der Waals surface area contributed by atoms with Gasteiger partial charge in [0.1, 0.15) is 5.52 Å². The van der Waals surface area contributed by atoms with Gasteiger partial charge < -0.3 is 23.8 Å². The summed E-state index contributed by atoms with van der Waals surface area (Å²) in [7, 11) is 1.59. The van der Waals surface area contributed by atoms with Gasteiger partial charge in [0.2, 0.25) is 5.88 Å². The first-order valence-corrected chi connectivity index (χ1v) is 12.1. The number of pyridine rings is 2. The number of anilines is 1. The molecule has 0 spiro atoms. The molecule has 182 valence electrons. The second kappa shape index (κ2) is 11.4. The van der Waals surface area contributed by atoms with Crippen LogP contribution in [0.3, 0.4) is 0 Å². The second-order valence-electron chi connectivity index (χ2n) is 8.43. The van der Waals surface area contributed by atoms with Gasteiger partial charge in [-0.1, -0.05) is 20.3 Å². The molecule has 34 heavy (non-hydrogen) atoms. The first-order valence-electron chi connectivity index (χ1n) is 12.1. The van der Waals surface area contributed by atoms with Gasteiger partial charge >= 0.3 is 0 Å². The van der Waals surface area contributed by atoms with Crippen molar-refractivity contribution in [1.82, 2.24) is 24.4 Å². The summed E-state index contributed by atoms with van der Waals surface area (Å²) < 4.78 is 12.7. The quantitative estimate of drug-likeness (QED) is 0.422. The molecule has 0 N–H and O–H groups in total. The van der Waals surface area contributed by atoms with Crippen LogP contribution in [0, 0.1) is 0 Å². The number of unbranched alkanes of at least 4 members (excludes halogenated alkanes) is 1. The van der Waals surface area contributed by atoms with Gasteiger partial charge in [-0.15, -0.1) is 0 Å². The summed E-state index contributed by atoms with van der Waals surface area (Å²) in [6, 6.07) is 5.62. The lowest BCUT2D eigenvalue weighted by Crippen LogP contribution is -2.48. The van der Waals surface area contributed by atoms with Crippen molar-refractivity contribution in [2.24, 2.45) is 0 Å². The lowest BCUT2D eigenvalue weighted by molar-refractivity contribution is 0.123. The Kier molecular flexibility index (Phi) is 8.08. The summed E-state index contributed by atoms with van der Waals surface area (Å²) in [6.45, 7) is 10.4. The summed E-state index contributed by atoms with van der Waals surface area (Å²) in [6.07, 6.45) is 5.56. The highest BCUT2D eigenvalue weighted by Gasteiger charge is 2.22. The second-order valence-corrected chi connectivity index (χ2v) is 8.43. The zero-order valence-corrected chi connectivity index (χ0v) is 20.4. The number of fused-ring (bicyclic) bond motifs is 1. The molecule has 0 atom stereocenters. The topological polar surface area (TPSA) is 85.6 Å². The molecule has 1 aliphatic rings. The van der Waals surface area contributed by atoms with E-state index in [1.165, 1.54) is 0 Å². The van der Waals surface area contributed by atoms with E-state index in [0.717, 1.165) is 62.3 Å². The summed E-state index contributed by atoms with van der Waals surface area (Å²) in [5, 5.41) is 0. The van der Waals surface area contributed by atoms with Crippen LogP contribution in [0.15, 0.2) is 35.4 Å². The van der Waals surface area contributed by atoms with Crippen LogP contribution < -0.4 is 15.2 Å². The summed E-state index contributed by atoms with van der Waals surface area (Å²) in [4.78, 5) is 31.8. The molecule has 9 heteroatoms. The van der Waals surface area contributed by atoms with Crippen molar-refractivity contribution in [2.75, 3.05) is 57.9 Å². The van der Waals surface area contributed by atoms with Gasteiger partial charge in [0.25, 0.3) is 5.56 Å². The number of piperazine rings is 1. The van der Waals surface area contributed by atoms with Gasteiger partial charge in [-0.3, -0.25) is 9.78 Å². The van der Waals surface area contributed by atoms with Gasteiger partial charge in [0.15, 0.2) is 5.82 Å². The van der Waals surface area contributed by atoms with Crippen molar-refractivity contribution in [2.45, 2.75) is 33.2 Å². The third kappa shape index (κ3) is 5.37. The minimum atomic E-state index is -0.0819. The maximum absolute atomic E-state index is 13.6.